The third-order valence-electron chi connectivity index (χ3n) is 2.62. The molecular formula is C11H20BrNO3. The van der Waals surface area contributed by atoms with E-state index < -0.39 is 0 Å². The fraction of sp³-hybridized carbons (Fsp3) is 0.909. The average Bonchev–Trinajstić information content (AvgIpc) is 2.24. The first kappa shape index (κ1) is 13.9. The molecule has 0 aromatic carbocycles. The van der Waals surface area contributed by atoms with Gasteiger partial charge in [0, 0.05) is 13.1 Å². The summed E-state index contributed by atoms with van der Waals surface area (Å²) in [4.78, 5) is 13.7. The molecule has 1 aliphatic rings. The van der Waals surface area contributed by atoms with Gasteiger partial charge in [-0.3, -0.25) is 4.79 Å². The summed E-state index contributed by atoms with van der Waals surface area (Å²) in [6.45, 7) is 6.83. The highest BCUT2D eigenvalue weighted by molar-refractivity contribution is 9.10. The van der Waals surface area contributed by atoms with Crippen LogP contribution in [0.1, 0.15) is 27.2 Å². The lowest BCUT2D eigenvalue weighted by Crippen LogP contribution is -2.56. The lowest BCUT2D eigenvalue weighted by Gasteiger charge is -2.42. The molecule has 0 aromatic rings. The van der Waals surface area contributed by atoms with E-state index in [1.807, 2.05) is 20.8 Å². The topological polar surface area (TPSA) is 49.8 Å². The van der Waals surface area contributed by atoms with Gasteiger partial charge in [0.1, 0.15) is 0 Å². The van der Waals surface area contributed by atoms with E-state index in [0.717, 1.165) is 6.42 Å². The summed E-state index contributed by atoms with van der Waals surface area (Å²) in [6.07, 6.45) is 0.490. The maximum atomic E-state index is 12.0. The van der Waals surface area contributed by atoms with Gasteiger partial charge in [-0.1, -0.05) is 22.9 Å². The summed E-state index contributed by atoms with van der Waals surface area (Å²) in [5.41, 5.74) is -0.387. The molecule has 1 amide bonds. The van der Waals surface area contributed by atoms with Crippen molar-refractivity contribution in [2.24, 2.45) is 0 Å². The zero-order valence-electron chi connectivity index (χ0n) is 10.1. The Morgan fingerprint density at radius 1 is 1.69 bits per heavy atom. The summed E-state index contributed by atoms with van der Waals surface area (Å²) in [6, 6.07) is 0. The molecule has 1 fully saturated rings. The highest BCUT2D eigenvalue weighted by Crippen LogP contribution is 2.22. The van der Waals surface area contributed by atoms with Crippen LogP contribution in [0.2, 0.25) is 0 Å². The molecule has 94 valence electrons. The number of aliphatic hydroxyl groups is 1. The van der Waals surface area contributed by atoms with Gasteiger partial charge in [-0.15, -0.1) is 0 Å². The predicted molar refractivity (Wildman–Crippen MR) is 65.6 cm³/mol. The van der Waals surface area contributed by atoms with Crippen LogP contribution in [-0.4, -0.2) is 52.1 Å². The molecule has 5 heteroatoms. The second-order valence-electron chi connectivity index (χ2n) is 4.78. The van der Waals surface area contributed by atoms with Gasteiger partial charge in [-0.05, 0) is 20.3 Å². The van der Waals surface area contributed by atoms with E-state index in [2.05, 4.69) is 15.9 Å². The molecule has 2 unspecified atom stereocenters. The molecule has 16 heavy (non-hydrogen) atoms. The number of hydrogen-bond acceptors (Lipinski definition) is 3. The van der Waals surface area contributed by atoms with Crippen LogP contribution in [0.15, 0.2) is 0 Å². The lowest BCUT2D eigenvalue weighted by molar-refractivity contribution is -0.166. The minimum absolute atomic E-state index is 0.0493. The van der Waals surface area contributed by atoms with Crippen LogP contribution in [0.5, 0.6) is 0 Å². The van der Waals surface area contributed by atoms with Crippen LogP contribution >= 0.6 is 15.9 Å². The standard InChI is InChI=1S/C11H20BrNO3/c1-4-9(12)10(15)13-5-8(6-14)16-11(2,3)7-13/h8-9,14H,4-7H2,1-3H3. The number of nitrogens with zero attached hydrogens (tertiary/aromatic N) is 1. The van der Waals surface area contributed by atoms with E-state index in [9.17, 15) is 4.79 Å². The first-order chi connectivity index (χ1) is 7.39. The molecule has 1 N–H and O–H groups in total. The number of aliphatic hydroxyl groups excluding tert-OH is 1. The lowest BCUT2D eigenvalue weighted by atomic mass is 10.0. The molecule has 1 saturated heterocycles. The van der Waals surface area contributed by atoms with Crippen molar-refractivity contribution >= 4 is 21.8 Å². The Morgan fingerprint density at radius 2 is 2.31 bits per heavy atom. The molecule has 0 aromatic heterocycles. The van der Waals surface area contributed by atoms with Crippen LogP contribution in [-0.2, 0) is 9.53 Å². The van der Waals surface area contributed by atoms with Crippen molar-refractivity contribution < 1.29 is 14.6 Å². The van der Waals surface area contributed by atoms with E-state index in [1.165, 1.54) is 0 Å². The molecule has 0 bridgehead atoms. The van der Waals surface area contributed by atoms with E-state index >= 15 is 0 Å². The number of carbonyl (C=O) groups is 1. The van der Waals surface area contributed by atoms with Crippen LogP contribution in [0, 0.1) is 0 Å². The second kappa shape index (κ2) is 5.47. The Kier molecular flexibility index (Phi) is 4.76. The molecule has 1 heterocycles. The van der Waals surface area contributed by atoms with Gasteiger partial charge < -0.3 is 14.7 Å². The van der Waals surface area contributed by atoms with Crippen molar-refractivity contribution in [2.45, 2.75) is 43.7 Å². The van der Waals surface area contributed by atoms with Crippen molar-refractivity contribution in [2.75, 3.05) is 19.7 Å². The molecule has 4 nitrogen and oxygen atoms in total. The van der Waals surface area contributed by atoms with Crippen LogP contribution < -0.4 is 0 Å². The van der Waals surface area contributed by atoms with Crippen LogP contribution in [0.4, 0.5) is 0 Å². The minimum atomic E-state index is -0.387. The molecule has 0 aliphatic carbocycles. The minimum Gasteiger partial charge on any atom is -0.394 e. The maximum absolute atomic E-state index is 12.0. The molecule has 1 rings (SSSR count). The summed E-state index contributed by atoms with van der Waals surface area (Å²) < 4.78 is 5.66. The Balaban J connectivity index is 2.69. The van der Waals surface area contributed by atoms with Crippen LogP contribution in [0.25, 0.3) is 0 Å². The van der Waals surface area contributed by atoms with Gasteiger partial charge in [0.15, 0.2) is 0 Å². The second-order valence-corrected chi connectivity index (χ2v) is 5.88. The fourth-order valence-corrected chi connectivity index (χ4v) is 2.22. The van der Waals surface area contributed by atoms with Crippen molar-refractivity contribution in [3.63, 3.8) is 0 Å². The van der Waals surface area contributed by atoms with E-state index in [1.54, 1.807) is 4.90 Å². The number of rotatable bonds is 3. The van der Waals surface area contributed by atoms with Gasteiger partial charge in [0.05, 0.1) is 23.1 Å². The summed E-state index contributed by atoms with van der Waals surface area (Å²) >= 11 is 3.36. The highest BCUT2D eigenvalue weighted by Gasteiger charge is 2.36. The Labute approximate surface area is 105 Å². The third-order valence-corrected chi connectivity index (χ3v) is 3.66. The van der Waals surface area contributed by atoms with Gasteiger partial charge in [0.25, 0.3) is 0 Å². The quantitative estimate of drug-likeness (QED) is 0.795. The predicted octanol–water partition coefficient (Wildman–Crippen LogP) is 1.16. The highest BCUT2D eigenvalue weighted by atomic mass is 79.9. The Morgan fingerprint density at radius 3 is 2.81 bits per heavy atom. The number of carbonyl (C=O) groups excluding carboxylic acids is 1. The van der Waals surface area contributed by atoms with Crippen molar-refractivity contribution in [3.8, 4) is 0 Å². The first-order valence-electron chi connectivity index (χ1n) is 5.61. The largest absolute Gasteiger partial charge is 0.394 e. The number of ether oxygens (including phenoxy) is 1. The molecule has 0 radical (unpaired) electrons. The van der Waals surface area contributed by atoms with Gasteiger partial charge in [-0.2, -0.15) is 0 Å². The first-order valence-corrected chi connectivity index (χ1v) is 6.52. The Bertz CT molecular complexity index is 258. The van der Waals surface area contributed by atoms with Crippen molar-refractivity contribution in [1.82, 2.24) is 4.90 Å². The van der Waals surface area contributed by atoms with Crippen LogP contribution in [0.3, 0.4) is 0 Å². The zero-order valence-corrected chi connectivity index (χ0v) is 11.7. The number of amides is 1. The molecule has 0 spiro atoms. The van der Waals surface area contributed by atoms with Gasteiger partial charge >= 0.3 is 0 Å². The average molecular weight is 294 g/mol. The smallest absolute Gasteiger partial charge is 0.236 e. The van der Waals surface area contributed by atoms with Gasteiger partial charge in [-0.25, -0.2) is 0 Å². The molecule has 1 aliphatic heterocycles. The van der Waals surface area contributed by atoms with E-state index in [0.29, 0.717) is 13.1 Å². The maximum Gasteiger partial charge on any atom is 0.236 e. The number of halogens is 1. The Hall–Kier alpha value is -0.130. The summed E-state index contributed by atoms with van der Waals surface area (Å²) in [5.74, 6) is 0.0809. The number of hydrogen-bond donors (Lipinski definition) is 1. The third kappa shape index (κ3) is 3.43. The zero-order chi connectivity index (χ0) is 12.3. The normalized spacial score (nSPS) is 26.6. The van der Waals surface area contributed by atoms with Crippen molar-refractivity contribution in [1.29, 1.82) is 0 Å². The number of alkyl halides is 1. The van der Waals surface area contributed by atoms with E-state index in [4.69, 9.17) is 9.84 Å². The fourth-order valence-electron chi connectivity index (χ4n) is 1.93. The summed E-state index contributed by atoms with van der Waals surface area (Å²) in [5, 5.41) is 9.14. The number of morpholine rings is 1. The monoisotopic (exact) mass is 293 g/mol. The van der Waals surface area contributed by atoms with Crippen molar-refractivity contribution in [3.05, 3.63) is 0 Å². The molecule has 0 saturated carbocycles. The van der Waals surface area contributed by atoms with Gasteiger partial charge in [0.2, 0.25) is 5.91 Å². The summed E-state index contributed by atoms with van der Waals surface area (Å²) in [7, 11) is 0. The van der Waals surface area contributed by atoms with E-state index in [-0.39, 0.29) is 29.0 Å². The molecular weight excluding hydrogens is 274 g/mol. The molecule has 2 atom stereocenters. The SMILES string of the molecule is CCC(Br)C(=O)N1CC(CO)OC(C)(C)C1.